The largest absolute Gasteiger partial charge is 0.272 e. The standard InChI is InChI=1S/C12H7ClFNO2/c13-11-4-2-1-3-9(11)10-6-5-8(15(16)17)7-12(10)14/h1-7H. The van der Waals surface area contributed by atoms with Crippen molar-refractivity contribution in [1.29, 1.82) is 0 Å². The summed E-state index contributed by atoms with van der Waals surface area (Å²) >= 11 is 5.93. The third-order valence-corrected chi connectivity index (χ3v) is 2.66. The van der Waals surface area contributed by atoms with Crippen LogP contribution in [-0.4, -0.2) is 4.92 Å². The van der Waals surface area contributed by atoms with Gasteiger partial charge in [0.05, 0.1) is 11.0 Å². The van der Waals surface area contributed by atoms with Crippen LogP contribution in [0.1, 0.15) is 0 Å². The zero-order chi connectivity index (χ0) is 12.4. The number of hydrogen-bond donors (Lipinski definition) is 0. The molecule has 0 aliphatic heterocycles. The fourth-order valence-corrected chi connectivity index (χ4v) is 1.75. The fraction of sp³-hybridized carbons (Fsp3) is 0. The van der Waals surface area contributed by atoms with Crippen LogP contribution in [-0.2, 0) is 0 Å². The predicted octanol–water partition coefficient (Wildman–Crippen LogP) is 4.05. The first-order valence-electron chi connectivity index (χ1n) is 4.78. The van der Waals surface area contributed by atoms with Crippen molar-refractivity contribution in [3.63, 3.8) is 0 Å². The number of halogens is 2. The topological polar surface area (TPSA) is 43.1 Å². The second kappa shape index (κ2) is 4.51. The summed E-state index contributed by atoms with van der Waals surface area (Å²) in [4.78, 5) is 9.84. The maximum absolute atomic E-state index is 13.7. The molecule has 86 valence electrons. The normalized spacial score (nSPS) is 10.2. The quantitative estimate of drug-likeness (QED) is 0.597. The second-order valence-electron chi connectivity index (χ2n) is 3.40. The summed E-state index contributed by atoms with van der Waals surface area (Å²) in [5.74, 6) is -0.660. The Balaban J connectivity index is 2.55. The SMILES string of the molecule is O=[N+]([O-])c1ccc(-c2ccccc2Cl)c(F)c1. The molecule has 0 aliphatic rings. The van der Waals surface area contributed by atoms with Crippen LogP contribution >= 0.6 is 11.6 Å². The van der Waals surface area contributed by atoms with E-state index in [0.29, 0.717) is 10.6 Å². The Morgan fingerprint density at radius 3 is 2.41 bits per heavy atom. The van der Waals surface area contributed by atoms with Gasteiger partial charge in [-0.15, -0.1) is 0 Å². The van der Waals surface area contributed by atoms with E-state index >= 15 is 0 Å². The third-order valence-electron chi connectivity index (χ3n) is 2.33. The van der Waals surface area contributed by atoms with Gasteiger partial charge in [-0.2, -0.15) is 0 Å². The molecule has 3 nitrogen and oxygen atoms in total. The molecule has 0 aromatic heterocycles. The fourth-order valence-electron chi connectivity index (χ4n) is 1.52. The van der Waals surface area contributed by atoms with E-state index < -0.39 is 10.7 Å². The van der Waals surface area contributed by atoms with Gasteiger partial charge >= 0.3 is 0 Å². The molecule has 0 fully saturated rings. The summed E-state index contributed by atoms with van der Waals surface area (Å²) in [6.45, 7) is 0. The van der Waals surface area contributed by atoms with Crippen LogP contribution in [0, 0.1) is 15.9 Å². The van der Waals surface area contributed by atoms with Crippen molar-refractivity contribution in [2.45, 2.75) is 0 Å². The van der Waals surface area contributed by atoms with Gasteiger partial charge in [-0.05, 0) is 12.1 Å². The van der Waals surface area contributed by atoms with Crippen LogP contribution in [0.25, 0.3) is 11.1 Å². The maximum Gasteiger partial charge on any atom is 0.272 e. The van der Waals surface area contributed by atoms with E-state index in [1.54, 1.807) is 24.3 Å². The molecule has 0 bridgehead atoms. The summed E-state index contributed by atoms with van der Waals surface area (Å²) in [6.07, 6.45) is 0. The van der Waals surface area contributed by atoms with Crippen LogP contribution in [0.15, 0.2) is 42.5 Å². The average molecular weight is 252 g/mol. The van der Waals surface area contributed by atoms with E-state index in [9.17, 15) is 14.5 Å². The van der Waals surface area contributed by atoms with Crippen molar-refractivity contribution in [1.82, 2.24) is 0 Å². The molecule has 0 saturated carbocycles. The van der Waals surface area contributed by atoms with E-state index in [4.69, 9.17) is 11.6 Å². The monoisotopic (exact) mass is 251 g/mol. The lowest BCUT2D eigenvalue weighted by Crippen LogP contribution is -1.91. The van der Waals surface area contributed by atoms with Gasteiger partial charge in [-0.3, -0.25) is 10.1 Å². The van der Waals surface area contributed by atoms with Crippen molar-refractivity contribution in [3.8, 4) is 11.1 Å². The summed E-state index contributed by atoms with van der Waals surface area (Å²) < 4.78 is 13.7. The smallest absolute Gasteiger partial charge is 0.258 e. The molecule has 0 unspecified atom stereocenters. The molecule has 5 heteroatoms. The van der Waals surface area contributed by atoms with E-state index in [2.05, 4.69) is 0 Å². The summed E-state index contributed by atoms with van der Waals surface area (Å²) in [5, 5.41) is 10.9. The summed E-state index contributed by atoms with van der Waals surface area (Å²) in [5.41, 5.74) is 0.487. The molecule has 17 heavy (non-hydrogen) atoms. The van der Waals surface area contributed by atoms with Crippen LogP contribution in [0.2, 0.25) is 5.02 Å². The number of nitro groups is 1. The summed E-state index contributed by atoms with van der Waals surface area (Å²) in [6, 6.07) is 10.2. The average Bonchev–Trinajstić information content (AvgIpc) is 2.30. The number of rotatable bonds is 2. The minimum atomic E-state index is -0.660. The molecule has 0 amide bonds. The lowest BCUT2D eigenvalue weighted by atomic mass is 10.0. The van der Waals surface area contributed by atoms with Gasteiger partial charge in [0, 0.05) is 22.2 Å². The molecule has 2 rings (SSSR count). The number of nitrogens with zero attached hydrogens (tertiary/aromatic N) is 1. The number of nitro benzene ring substituents is 1. The minimum Gasteiger partial charge on any atom is -0.258 e. The van der Waals surface area contributed by atoms with Crippen LogP contribution < -0.4 is 0 Å². The van der Waals surface area contributed by atoms with E-state index in [-0.39, 0.29) is 11.3 Å². The Morgan fingerprint density at radius 2 is 1.82 bits per heavy atom. The van der Waals surface area contributed by atoms with Gasteiger partial charge < -0.3 is 0 Å². The molecule has 0 saturated heterocycles. The predicted molar refractivity (Wildman–Crippen MR) is 63.5 cm³/mol. The molecule has 0 atom stereocenters. The van der Waals surface area contributed by atoms with Gasteiger partial charge in [0.25, 0.3) is 5.69 Å². The Labute approximate surface area is 102 Å². The van der Waals surface area contributed by atoms with Gasteiger partial charge in [-0.25, -0.2) is 4.39 Å². The van der Waals surface area contributed by atoms with Gasteiger partial charge in [-0.1, -0.05) is 29.8 Å². The molecule has 0 radical (unpaired) electrons. The molecule has 0 aliphatic carbocycles. The van der Waals surface area contributed by atoms with Gasteiger partial charge in [0.15, 0.2) is 0 Å². The molecule has 2 aromatic rings. The van der Waals surface area contributed by atoms with Crippen molar-refractivity contribution < 1.29 is 9.31 Å². The number of benzene rings is 2. The van der Waals surface area contributed by atoms with Crippen LogP contribution in [0.5, 0.6) is 0 Å². The van der Waals surface area contributed by atoms with E-state index in [0.717, 1.165) is 6.07 Å². The molecule has 0 N–H and O–H groups in total. The molecule has 0 spiro atoms. The lowest BCUT2D eigenvalue weighted by molar-refractivity contribution is -0.385. The van der Waals surface area contributed by atoms with E-state index in [1.807, 2.05) is 0 Å². The first-order chi connectivity index (χ1) is 8.09. The Bertz CT molecular complexity index is 586. The first-order valence-corrected chi connectivity index (χ1v) is 5.16. The summed E-state index contributed by atoms with van der Waals surface area (Å²) in [7, 11) is 0. The zero-order valence-corrected chi connectivity index (χ0v) is 9.32. The lowest BCUT2D eigenvalue weighted by Gasteiger charge is -2.05. The molecule has 2 aromatic carbocycles. The Hall–Kier alpha value is -1.94. The van der Waals surface area contributed by atoms with Crippen molar-refractivity contribution in [3.05, 3.63) is 63.4 Å². The number of hydrogen-bond acceptors (Lipinski definition) is 2. The van der Waals surface area contributed by atoms with Crippen molar-refractivity contribution in [2.24, 2.45) is 0 Å². The Kier molecular flexibility index (Phi) is 3.06. The van der Waals surface area contributed by atoms with Crippen LogP contribution in [0.4, 0.5) is 10.1 Å². The first kappa shape index (κ1) is 11.5. The Morgan fingerprint density at radius 1 is 1.12 bits per heavy atom. The van der Waals surface area contributed by atoms with Crippen LogP contribution in [0.3, 0.4) is 0 Å². The zero-order valence-electron chi connectivity index (χ0n) is 8.56. The molecular formula is C12H7ClFNO2. The maximum atomic E-state index is 13.7. The highest BCUT2D eigenvalue weighted by Crippen LogP contribution is 2.31. The third kappa shape index (κ3) is 2.26. The molecule has 0 heterocycles. The van der Waals surface area contributed by atoms with Crippen molar-refractivity contribution >= 4 is 17.3 Å². The van der Waals surface area contributed by atoms with Gasteiger partial charge in [0.1, 0.15) is 5.82 Å². The van der Waals surface area contributed by atoms with Crippen molar-refractivity contribution in [2.75, 3.05) is 0 Å². The van der Waals surface area contributed by atoms with E-state index in [1.165, 1.54) is 12.1 Å². The molecular weight excluding hydrogens is 245 g/mol. The van der Waals surface area contributed by atoms with Gasteiger partial charge in [0.2, 0.25) is 0 Å². The highest BCUT2D eigenvalue weighted by atomic mass is 35.5. The number of non-ortho nitro benzene ring substituents is 1. The minimum absolute atomic E-state index is 0.251. The second-order valence-corrected chi connectivity index (χ2v) is 3.81. The highest BCUT2D eigenvalue weighted by molar-refractivity contribution is 6.33. The highest BCUT2D eigenvalue weighted by Gasteiger charge is 2.13.